The summed E-state index contributed by atoms with van der Waals surface area (Å²) in [5, 5.41) is 16.8. The first kappa shape index (κ1) is 23.6. The first-order valence-electron chi connectivity index (χ1n) is 13.0. The maximum Gasteiger partial charge on any atom is 0.252 e. The van der Waals surface area contributed by atoms with Gasteiger partial charge >= 0.3 is 0 Å². The number of nitriles is 1. The van der Waals surface area contributed by atoms with Gasteiger partial charge in [-0.15, -0.1) is 0 Å². The lowest BCUT2D eigenvalue weighted by molar-refractivity contribution is -0.133. The maximum absolute atomic E-state index is 13.1. The molecule has 8 nitrogen and oxygen atoms in total. The number of hydrogen-bond donors (Lipinski definition) is 1. The fraction of sp³-hybridized carbons (Fsp3) is 0.481. The zero-order chi connectivity index (χ0) is 25.6. The van der Waals surface area contributed by atoms with Gasteiger partial charge in [-0.3, -0.25) is 4.79 Å². The van der Waals surface area contributed by atoms with Crippen molar-refractivity contribution in [3.8, 4) is 17.2 Å². The van der Waals surface area contributed by atoms with Crippen LogP contribution in [0.1, 0.15) is 44.1 Å². The Morgan fingerprint density at radius 1 is 1.08 bits per heavy atom. The Balaban J connectivity index is 1.16. The zero-order valence-electron chi connectivity index (χ0n) is 20.5. The molecule has 5 heterocycles. The molecule has 0 radical (unpaired) electrons. The van der Waals surface area contributed by atoms with Crippen molar-refractivity contribution in [2.24, 2.45) is 5.92 Å². The van der Waals surface area contributed by atoms with Crippen LogP contribution in [0, 0.1) is 17.2 Å². The van der Waals surface area contributed by atoms with Gasteiger partial charge in [-0.25, -0.2) is 18.3 Å². The van der Waals surface area contributed by atoms with Crippen LogP contribution in [-0.2, 0) is 4.79 Å². The number of hydrogen-bond acceptors (Lipinski definition) is 6. The van der Waals surface area contributed by atoms with Gasteiger partial charge < -0.3 is 15.1 Å². The molecule has 10 heteroatoms. The molecular formula is C27H29F2N7O. The van der Waals surface area contributed by atoms with E-state index < -0.39 is 12.0 Å². The number of alkyl halides is 2. The Hall–Kier alpha value is -3.74. The van der Waals surface area contributed by atoms with E-state index in [-0.39, 0.29) is 24.7 Å². The molecule has 192 valence electrons. The SMILES string of the molecule is N#Cc1cnn2cc(N3CCCC3)cc(-c3ccc(N4CCC(C(=O)NC5CC(F)(F)C5)CC4)nc3)c12. The number of pyridine rings is 2. The molecule has 2 saturated heterocycles. The molecule has 6 rings (SSSR count). The van der Waals surface area contributed by atoms with Gasteiger partial charge in [-0.2, -0.15) is 10.4 Å². The summed E-state index contributed by atoms with van der Waals surface area (Å²) in [7, 11) is 0. The van der Waals surface area contributed by atoms with E-state index in [1.807, 2.05) is 24.5 Å². The second-order valence-corrected chi connectivity index (χ2v) is 10.4. The lowest BCUT2D eigenvalue weighted by atomic mass is 9.87. The number of nitrogens with zero attached hydrogens (tertiary/aromatic N) is 6. The molecule has 1 aliphatic carbocycles. The Bertz CT molecular complexity index is 1340. The normalized spacial score (nSPS) is 20.1. The van der Waals surface area contributed by atoms with Gasteiger partial charge in [0.05, 0.1) is 29.2 Å². The molecule has 0 bridgehead atoms. The van der Waals surface area contributed by atoms with Crippen molar-refractivity contribution in [1.82, 2.24) is 19.9 Å². The number of amides is 1. The average molecular weight is 506 g/mol. The Morgan fingerprint density at radius 2 is 1.84 bits per heavy atom. The first-order valence-corrected chi connectivity index (χ1v) is 13.0. The molecular weight excluding hydrogens is 476 g/mol. The summed E-state index contributed by atoms with van der Waals surface area (Å²) in [6.45, 7) is 3.38. The van der Waals surface area contributed by atoms with E-state index >= 15 is 0 Å². The molecule has 1 saturated carbocycles. The fourth-order valence-corrected chi connectivity index (χ4v) is 5.74. The smallest absolute Gasteiger partial charge is 0.252 e. The van der Waals surface area contributed by atoms with Crippen LogP contribution in [0.15, 0.2) is 36.8 Å². The highest BCUT2D eigenvalue weighted by Gasteiger charge is 2.46. The number of fused-ring (bicyclic) bond motifs is 1. The molecule has 1 amide bonds. The van der Waals surface area contributed by atoms with Crippen molar-refractivity contribution in [1.29, 1.82) is 5.26 Å². The quantitative estimate of drug-likeness (QED) is 0.564. The highest BCUT2D eigenvalue weighted by atomic mass is 19.3. The number of nitrogens with one attached hydrogen (secondary N) is 1. The van der Waals surface area contributed by atoms with Gasteiger partial charge in [0.1, 0.15) is 11.9 Å². The summed E-state index contributed by atoms with van der Waals surface area (Å²) < 4.78 is 27.9. The summed E-state index contributed by atoms with van der Waals surface area (Å²) in [6, 6.07) is 7.98. The van der Waals surface area contributed by atoms with E-state index in [2.05, 4.69) is 32.4 Å². The van der Waals surface area contributed by atoms with Crippen LogP contribution >= 0.6 is 0 Å². The summed E-state index contributed by atoms with van der Waals surface area (Å²) in [4.78, 5) is 21.7. The Morgan fingerprint density at radius 3 is 2.49 bits per heavy atom. The maximum atomic E-state index is 13.1. The highest BCUT2D eigenvalue weighted by Crippen LogP contribution is 2.38. The largest absolute Gasteiger partial charge is 0.370 e. The average Bonchev–Trinajstić information content (AvgIpc) is 3.57. The van der Waals surface area contributed by atoms with Crippen molar-refractivity contribution in [2.75, 3.05) is 36.0 Å². The summed E-state index contributed by atoms with van der Waals surface area (Å²) in [5.74, 6) is -2.06. The third-order valence-electron chi connectivity index (χ3n) is 7.87. The summed E-state index contributed by atoms with van der Waals surface area (Å²) in [5.41, 5.74) is 4.23. The molecule has 3 fully saturated rings. The minimum absolute atomic E-state index is 0.112. The van der Waals surface area contributed by atoms with Crippen LogP contribution in [0.2, 0.25) is 0 Å². The van der Waals surface area contributed by atoms with Gasteiger partial charge in [0.15, 0.2) is 0 Å². The summed E-state index contributed by atoms with van der Waals surface area (Å²) in [6.07, 6.45) is 8.59. The van der Waals surface area contributed by atoms with Crippen LogP contribution in [-0.4, -0.2) is 58.6 Å². The molecule has 0 aromatic carbocycles. The van der Waals surface area contributed by atoms with Gasteiger partial charge in [-0.05, 0) is 43.9 Å². The van der Waals surface area contributed by atoms with Gasteiger partial charge in [0.2, 0.25) is 5.91 Å². The standard InChI is InChI=1S/C27H29F2N7O/c28-27(29)12-21(13-27)33-26(37)18-5-9-35(10-6-18)24-4-3-19(15-31-24)23-11-22(34-7-1-2-8-34)17-36-25(23)20(14-30)16-32-36/h3-4,11,15-18,21H,1-2,5-10,12-13H2,(H,33,37). The number of aromatic nitrogens is 3. The van der Waals surface area contributed by atoms with Crippen molar-refractivity contribution >= 4 is 22.9 Å². The Labute approximate surface area is 213 Å². The second kappa shape index (κ2) is 9.29. The fourth-order valence-electron chi connectivity index (χ4n) is 5.74. The molecule has 3 aromatic heterocycles. The van der Waals surface area contributed by atoms with Crippen molar-refractivity contribution in [3.63, 3.8) is 0 Å². The molecule has 3 aromatic rings. The van der Waals surface area contributed by atoms with Gasteiger partial charge in [0.25, 0.3) is 5.92 Å². The Kier molecular flexibility index (Phi) is 5.94. The second-order valence-electron chi connectivity index (χ2n) is 10.4. The number of carbonyl (C=O) groups is 1. The zero-order valence-corrected chi connectivity index (χ0v) is 20.5. The monoisotopic (exact) mass is 505 g/mol. The number of carbonyl (C=O) groups excluding carboxylic acids is 1. The molecule has 2 aliphatic heterocycles. The molecule has 3 aliphatic rings. The molecule has 0 unspecified atom stereocenters. The van der Waals surface area contributed by atoms with Gasteiger partial charge in [-0.1, -0.05) is 0 Å². The molecule has 37 heavy (non-hydrogen) atoms. The van der Waals surface area contributed by atoms with E-state index in [1.165, 1.54) is 12.8 Å². The number of rotatable bonds is 5. The topological polar surface area (TPSA) is 89.6 Å². The van der Waals surface area contributed by atoms with Crippen molar-refractivity contribution in [2.45, 2.75) is 50.5 Å². The predicted octanol–water partition coefficient (Wildman–Crippen LogP) is 4.00. The molecule has 1 N–H and O–H groups in total. The van der Waals surface area contributed by atoms with Crippen LogP contribution in [0.4, 0.5) is 20.3 Å². The number of halogens is 2. The molecule has 0 spiro atoms. The minimum Gasteiger partial charge on any atom is -0.370 e. The molecule has 0 atom stereocenters. The van der Waals surface area contributed by atoms with Crippen LogP contribution in [0.5, 0.6) is 0 Å². The lowest BCUT2D eigenvalue weighted by Gasteiger charge is -2.37. The van der Waals surface area contributed by atoms with E-state index in [4.69, 9.17) is 4.98 Å². The number of anilines is 2. The lowest BCUT2D eigenvalue weighted by Crippen LogP contribution is -2.52. The summed E-state index contributed by atoms with van der Waals surface area (Å²) >= 11 is 0. The third kappa shape index (κ3) is 4.59. The van der Waals surface area contributed by atoms with Crippen LogP contribution in [0.25, 0.3) is 16.6 Å². The van der Waals surface area contributed by atoms with E-state index in [0.717, 1.165) is 41.2 Å². The van der Waals surface area contributed by atoms with Crippen molar-refractivity contribution in [3.05, 3.63) is 42.4 Å². The van der Waals surface area contributed by atoms with E-state index in [1.54, 1.807) is 10.7 Å². The minimum atomic E-state index is -2.63. The first-order chi connectivity index (χ1) is 17.9. The van der Waals surface area contributed by atoms with E-state index in [0.29, 0.717) is 31.5 Å². The highest BCUT2D eigenvalue weighted by molar-refractivity contribution is 5.86. The van der Waals surface area contributed by atoms with Crippen LogP contribution in [0.3, 0.4) is 0 Å². The van der Waals surface area contributed by atoms with Crippen molar-refractivity contribution < 1.29 is 13.6 Å². The van der Waals surface area contributed by atoms with Crippen LogP contribution < -0.4 is 15.1 Å². The van der Waals surface area contributed by atoms with Gasteiger partial charge in [0, 0.05) is 68.3 Å². The predicted molar refractivity (Wildman–Crippen MR) is 136 cm³/mol. The van der Waals surface area contributed by atoms with E-state index in [9.17, 15) is 18.8 Å². The third-order valence-corrected chi connectivity index (χ3v) is 7.87. The number of piperidine rings is 1.